The lowest BCUT2D eigenvalue weighted by molar-refractivity contribution is -0.134. The summed E-state index contributed by atoms with van der Waals surface area (Å²) in [5.74, 6) is -0.0565. The molecule has 1 aliphatic heterocycles. The highest BCUT2D eigenvalue weighted by molar-refractivity contribution is 5.89. The Morgan fingerprint density at radius 2 is 2.27 bits per heavy atom. The third-order valence-electron chi connectivity index (χ3n) is 5.22. The first-order chi connectivity index (χ1) is 14.5. The molecule has 9 heteroatoms. The third-order valence-corrected chi connectivity index (χ3v) is 5.22. The Bertz CT molecular complexity index is 1160. The van der Waals surface area contributed by atoms with Gasteiger partial charge in [0.2, 0.25) is 5.91 Å². The zero-order valence-corrected chi connectivity index (χ0v) is 17.3. The molecule has 1 amide bonds. The van der Waals surface area contributed by atoms with Gasteiger partial charge in [-0.3, -0.25) is 9.48 Å². The summed E-state index contributed by atoms with van der Waals surface area (Å²) < 4.78 is 1.76. The van der Waals surface area contributed by atoms with E-state index in [0.29, 0.717) is 18.7 Å². The summed E-state index contributed by atoms with van der Waals surface area (Å²) >= 11 is 0. The van der Waals surface area contributed by atoms with E-state index < -0.39 is 0 Å². The number of nitriles is 1. The molecule has 3 aromatic rings. The van der Waals surface area contributed by atoms with Crippen molar-refractivity contribution in [3.63, 3.8) is 0 Å². The number of carbonyl (C=O) groups is 1. The molecule has 3 aromatic heterocycles. The molecule has 0 spiro atoms. The fraction of sp³-hybridized carbons (Fsp3) is 0.381. The van der Waals surface area contributed by atoms with Crippen molar-refractivity contribution in [3.05, 3.63) is 35.9 Å². The number of hydrogen-bond acceptors (Lipinski definition) is 6. The van der Waals surface area contributed by atoms with Crippen LogP contribution in [0.2, 0.25) is 0 Å². The number of fused-ring (bicyclic) bond motifs is 1. The van der Waals surface area contributed by atoms with Crippen LogP contribution in [-0.2, 0) is 11.8 Å². The van der Waals surface area contributed by atoms with Crippen molar-refractivity contribution in [1.82, 2.24) is 34.9 Å². The number of amides is 1. The highest BCUT2D eigenvalue weighted by Crippen LogP contribution is 2.26. The molecule has 0 aliphatic carbocycles. The Labute approximate surface area is 174 Å². The van der Waals surface area contributed by atoms with Gasteiger partial charge in [0.1, 0.15) is 5.52 Å². The number of carbonyl (C=O) groups excluding carboxylic acids is 1. The fourth-order valence-corrected chi connectivity index (χ4v) is 3.61. The SMILES string of the molecule is CC/C=C(/NCC(=O)N1CC(C#N)C1)c1c[nH]c2ncc(-c3cn(C)nc3C)nc12. The van der Waals surface area contributed by atoms with Crippen molar-refractivity contribution in [2.75, 3.05) is 19.6 Å². The van der Waals surface area contributed by atoms with Gasteiger partial charge in [-0.2, -0.15) is 10.4 Å². The molecular weight excluding hydrogens is 380 g/mol. The van der Waals surface area contributed by atoms with Gasteiger partial charge in [0.25, 0.3) is 0 Å². The molecule has 1 aliphatic rings. The average molecular weight is 404 g/mol. The summed E-state index contributed by atoms with van der Waals surface area (Å²) in [6, 6.07) is 2.19. The van der Waals surface area contributed by atoms with Gasteiger partial charge in [-0.05, 0) is 13.3 Å². The van der Waals surface area contributed by atoms with Crippen LogP contribution in [0.15, 0.2) is 24.7 Å². The summed E-state index contributed by atoms with van der Waals surface area (Å²) in [4.78, 5) is 26.6. The van der Waals surface area contributed by atoms with Gasteiger partial charge >= 0.3 is 0 Å². The molecule has 0 radical (unpaired) electrons. The molecule has 30 heavy (non-hydrogen) atoms. The Hall–Kier alpha value is -3.67. The first-order valence-electron chi connectivity index (χ1n) is 9.96. The van der Waals surface area contributed by atoms with E-state index in [0.717, 1.165) is 40.1 Å². The average Bonchev–Trinajstić information content (AvgIpc) is 3.26. The molecule has 0 unspecified atom stereocenters. The van der Waals surface area contributed by atoms with E-state index >= 15 is 0 Å². The van der Waals surface area contributed by atoms with Crippen LogP contribution in [-0.4, -0.2) is 55.2 Å². The van der Waals surface area contributed by atoms with Gasteiger partial charge in [-0.25, -0.2) is 9.97 Å². The number of nitrogens with one attached hydrogen (secondary N) is 2. The minimum atomic E-state index is -0.0437. The molecule has 0 atom stereocenters. The number of likely N-dealkylation sites (tertiary alicyclic amines) is 1. The third kappa shape index (κ3) is 3.64. The predicted octanol–water partition coefficient (Wildman–Crippen LogP) is 1.99. The van der Waals surface area contributed by atoms with E-state index in [2.05, 4.69) is 26.5 Å². The van der Waals surface area contributed by atoms with Crippen LogP contribution in [0.3, 0.4) is 0 Å². The molecule has 0 saturated carbocycles. The zero-order chi connectivity index (χ0) is 21.3. The topological polar surface area (TPSA) is 116 Å². The smallest absolute Gasteiger partial charge is 0.241 e. The highest BCUT2D eigenvalue weighted by Gasteiger charge is 2.30. The van der Waals surface area contributed by atoms with Gasteiger partial charge in [0, 0.05) is 49.4 Å². The van der Waals surface area contributed by atoms with Crippen LogP contribution in [0.5, 0.6) is 0 Å². The molecule has 1 saturated heterocycles. The Morgan fingerprint density at radius 3 is 2.93 bits per heavy atom. The van der Waals surface area contributed by atoms with Gasteiger partial charge < -0.3 is 15.2 Å². The van der Waals surface area contributed by atoms with Crippen molar-refractivity contribution in [1.29, 1.82) is 5.26 Å². The lowest BCUT2D eigenvalue weighted by atomic mass is 10.0. The first-order valence-corrected chi connectivity index (χ1v) is 9.96. The number of aromatic nitrogens is 5. The van der Waals surface area contributed by atoms with E-state index in [4.69, 9.17) is 10.2 Å². The number of aryl methyl sites for hydroxylation is 2. The molecule has 9 nitrogen and oxygen atoms in total. The fourth-order valence-electron chi connectivity index (χ4n) is 3.61. The molecule has 0 aromatic carbocycles. The largest absolute Gasteiger partial charge is 0.376 e. The number of nitrogens with zero attached hydrogens (tertiary/aromatic N) is 6. The second-order valence-electron chi connectivity index (χ2n) is 7.46. The number of aromatic amines is 1. The Kier molecular flexibility index (Phi) is 5.23. The van der Waals surface area contributed by atoms with E-state index in [1.165, 1.54) is 0 Å². The van der Waals surface area contributed by atoms with Crippen LogP contribution < -0.4 is 5.32 Å². The summed E-state index contributed by atoms with van der Waals surface area (Å²) in [6.45, 7) is 5.18. The van der Waals surface area contributed by atoms with Crippen LogP contribution in [0.25, 0.3) is 28.1 Å². The molecule has 4 heterocycles. The Morgan fingerprint density at radius 1 is 1.47 bits per heavy atom. The maximum atomic E-state index is 12.4. The maximum absolute atomic E-state index is 12.4. The predicted molar refractivity (Wildman–Crippen MR) is 113 cm³/mol. The molecule has 1 fully saturated rings. The maximum Gasteiger partial charge on any atom is 0.241 e. The van der Waals surface area contributed by atoms with Crippen molar-refractivity contribution in [3.8, 4) is 17.3 Å². The van der Waals surface area contributed by atoms with Crippen molar-refractivity contribution < 1.29 is 4.79 Å². The molecule has 0 bridgehead atoms. The number of allylic oxidation sites excluding steroid dienone is 1. The van der Waals surface area contributed by atoms with Gasteiger partial charge in [-0.1, -0.05) is 13.0 Å². The Balaban J connectivity index is 1.58. The van der Waals surface area contributed by atoms with Crippen molar-refractivity contribution in [2.24, 2.45) is 13.0 Å². The van der Waals surface area contributed by atoms with Gasteiger partial charge in [0.05, 0.1) is 36.1 Å². The lowest BCUT2D eigenvalue weighted by Gasteiger charge is -2.35. The summed E-state index contributed by atoms with van der Waals surface area (Å²) in [5, 5.41) is 16.5. The van der Waals surface area contributed by atoms with Crippen molar-refractivity contribution >= 4 is 22.8 Å². The molecular formula is C21H24N8O. The summed E-state index contributed by atoms with van der Waals surface area (Å²) in [5.41, 5.74) is 5.71. The second-order valence-corrected chi connectivity index (χ2v) is 7.46. The van der Waals surface area contributed by atoms with E-state index in [1.807, 2.05) is 39.4 Å². The summed E-state index contributed by atoms with van der Waals surface area (Å²) in [7, 11) is 1.88. The van der Waals surface area contributed by atoms with Gasteiger partial charge in [0.15, 0.2) is 5.65 Å². The normalized spacial score (nSPS) is 14.6. The minimum Gasteiger partial charge on any atom is -0.376 e. The van der Waals surface area contributed by atoms with E-state index in [9.17, 15) is 4.79 Å². The molecule has 4 rings (SSSR count). The number of hydrogen-bond donors (Lipinski definition) is 2. The van der Waals surface area contributed by atoms with Crippen molar-refractivity contribution in [2.45, 2.75) is 20.3 Å². The van der Waals surface area contributed by atoms with E-state index in [1.54, 1.807) is 15.8 Å². The van der Waals surface area contributed by atoms with Crippen LogP contribution in [0, 0.1) is 24.2 Å². The highest BCUT2D eigenvalue weighted by atomic mass is 16.2. The van der Waals surface area contributed by atoms with Crippen LogP contribution >= 0.6 is 0 Å². The quantitative estimate of drug-likeness (QED) is 0.649. The van der Waals surface area contributed by atoms with Crippen LogP contribution in [0.1, 0.15) is 24.6 Å². The number of H-pyrrole nitrogens is 1. The number of rotatable bonds is 6. The van der Waals surface area contributed by atoms with Gasteiger partial charge in [-0.15, -0.1) is 0 Å². The molecule has 2 N–H and O–H groups in total. The molecule has 154 valence electrons. The minimum absolute atomic E-state index is 0.0129. The standard InChI is InChI=1S/C21H24N8O/c1-4-5-17(23-9-19(30)29-10-14(6-22)11-29)15-7-24-21-20(15)26-18(8-25-21)16-12-28(3)27-13(16)2/h5,7-8,12,14,23H,4,9-11H2,1-3H3,(H,24,25)/b17-5+. The second kappa shape index (κ2) is 7.99. The van der Waals surface area contributed by atoms with E-state index in [-0.39, 0.29) is 18.4 Å². The summed E-state index contributed by atoms with van der Waals surface area (Å²) in [6.07, 6.45) is 8.37. The van der Waals surface area contributed by atoms with Crippen LogP contribution in [0.4, 0.5) is 0 Å². The first kappa shape index (κ1) is 19.6. The monoisotopic (exact) mass is 404 g/mol. The lowest BCUT2D eigenvalue weighted by Crippen LogP contribution is -2.51. The zero-order valence-electron chi connectivity index (χ0n) is 17.3.